The summed E-state index contributed by atoms with van der Waals surface area (Å²) in [6.45, 7) is 3.19. The van der Waals surface area contributed by atoms with E-state index in [1.54, 1.807) is 28.9 Å². The van der Waals surface area contributed by atoms with Crippen molar-refractivity contribution in [2.24, 2.45) is 12.8 Å². The van der Waals surface area contributed by atoms with Crippen LogP contribution in [0.25, 0.3) is 0 Å². The van der Waals surface area contributed by atoms with E-state index in [1.807, 2.05) is 6.92 Å². The van der Waals surface area contributed by atoms with Gasteiger partial charge in [0.1, 0.15) is 5.69 Å². The van der Waals surface area contributed by atoms with Crippen LogP contribution in [0.3, 0.4) is 0 Å². The third kappa shape index (κ3) is 1.39. The Kier molecular flexibility index (Phi) is 1.85. The van der Waals surface area contributed by atoms with Crippen LogP contribution in [0.5, 0.6) is 0 Å². The molecule has 0 atom stereocenters. The van der Waals surface area contributed by atoms with Crippen LogP contribution in [-0.4, -0.2) is 39.2 Å². The Bertz CT molecular complexity index is 361. The first kappa shape index (κ1) is 9.21. The fourth-order valence-corrected chi connectivity index (χ4v) is 1.72. The molecule has 0 spiro atoms. The highest BCUT2D eigenvalue weighted by molar-refractivity contribution is 5.93. The molecule has 1 fully saturated rings. The molecule has 2 N–H and O–H groups in total. The van der Waals surface area contributed by atoms with Gasteiger partial charge < -0.3 is 10.6 Å². The number of hydrogen-bond donors (Lipinski definition) is 1. The summed E-state index contributed by atoms with van der Waals surface area (Å²) in [6, 6.07) is 1.72. The second-order valence-electron chi connectivity index (χ2n) is 4.16. The molecular formula is C9H14N4O. The average Bonchev–Trinajstić information content (AvgIpc) is 2.45. The zero-order valence-corrected chi connectivity index (χ0v) is 8.40. The quantitative estimate of drug-likeness (QED) is 0.661. The highest BCUT2D eigenvalue weighted by Crippen LogP contribution is 2.19. The topological polar surface area (TPSA) is 64.2 Å². The minimum Gasteiger partial charge on any atom is -0.334 e. The third-order valence-electron chi connectivity index (χ3n) is 2.43. The van der Waals surface area contributed by atoms with Crippen molar-refractivity contribution in [3.05, 3.63) is 18.0 Å². The SMILES string of the molecule is Cn1nccc1C(=O)N1CC(C)(N)C1. The van der Waals surface area contributed by atoms with E-state index in [1.165, 1.54) is 0 Å². The summed E-state index contributed by atoms with van der Waals surface area (Å²) in [7, 11) is 1.76. The third-order valence-corrected chi connectivity index (χ3v) is 2.43. The number of hydrogen-bond acceptors (Lipinski definition) is 3. The second-order valence-corrected chi connectivity index (χ2v) is 4.16. The van der Waals surface area contributed by atoms with Gasteiger partial charge in [-0.3, -0.25) is 9.48 Å². The number of carbonyl (C=O) groups is 1. The summed E-state index contributed by atoms with van der Waals surface area (Å²) >= 11 is 0. The Morgan fingerprint density at radius 1 is 1.64 bits per heavy atom. The maximum atomic E-state index is 11.8. The van der Waals surface area contributed by atoms with Crippen LogP contribution in [0, 0.1) is 0 Å². The van der Waals surface area contributed by atoms with Gasteiger partial charge in [-0.15, -0.1) is 0 Å². The number of aryl methyl sites for hydroxylation is 1. The highest BCUT2D eigenvalue weighted by Gasteiger charge is 2.38. The maximum Gasteiger partial charge on any atom is 0.272 e. The average molecular weight is 194 g/mol. The Labute approximate surface area is 82.5 Å². The van der Waals surface area contributed by atoms with Crippen molar-refractivity contribution in [3.63, 3.8) is 0 Å². The van der Waals surface area contributed by atoms with Crippen molar-refractivity contribution in [2.45, 2.75) is 12.5 Å². The van der Waals surface area contributed by atoms with Gasteiger partial charge >= 0.3 is 0 Å². The van der Waals surface area contributed by atoms with Crippen molar-refractivity contribution >= 4 is 5.91 Å². The minimum atomic E-state index is -0.214. The molecule has 2 rings (SSSR count). The van der Waals surface area contributed by atoms with Gasteiger partial charge in [-0.1, -0.05) is 0 Å². The van der Waals surface area contributed by atoms with Gasteiger partial charge in [0.25, 0.3) is 5.91 Å². The molecule has 5 heteroatoms. The van der Waals surface area contributed by atoms with Crippen LogP contribution in [0.1, 0.15) is 17.4 Å². The summed E-state index contributed by atoms with van der Waals surface area (Å²) in [5.74, 6) is 0.00734. The Balaban J connectivity index is 2.08. The smallest absolute Gasteiger partial charge is 0.272 e. The molecule has 0 aliphatic carbocycles. The molecule has 1 saturated heterocycles. The van der Waals surface area contributed by atoms with Crippen molar-refractivity contribution in [3.8, 4) is 0 Å². The van der Waals surface area contributed by atoms with Gasteiger partial charge in [-0.25, -0.2) is 0 Å². The van der Waals surface area contributed by atoms with Gasteiger partial charge in [-0.2, -0.15) is 5.10 Å². The summed E-state index contributed by atoms with van der Waals surface area (Å²) in [5, 5.41) is 3.95. The van der Waals surface area contributed by atoms with Crippen LogP contribution in [0.2, 0.25) is 0 Å². The molecular weight excluding hydrogens is 180 g/mol. The second kappa shape index (κ2) is 2.81. The van der Waals surface area contributed by atoms with Crippen LogP contribution in [0.4, 0.5) is 0 Å². The molecule has 1 aliphatic rings. The molecule has 1 aliphatic heterocycles. The van der Waals surface area contributed by atoms with Crippen molar-refractivity contribution in [2.75, 3.05) is 13.1 Å². The number of aromatic nitrogens is 2. The molecule has 5 nitrogen and oxygen atoms in total. The molecule has 0 bridgehead atoms. The molecule has 76 valence electrons. The predicted octanol–water partition coefficient (Wildman–Crippen LogP) is -0.407. The lowest BCUT2D eigenvalue weighted by molar-refractivity contribution is 0.0442. The first-order chi connectivity index (χ1) is 6.49. The lowest BCUT2D eigenvalue weighted by Gasteiger charge is -2.45. The van der Waals surface area contributed by atoms with Gasteiger partial charge in [0, 0.05) is 31.9 Å². The molecule has 1 aromatic heterocycles. The van der Waals surface area contributed by atoms with Gasteiger partial charge in [-0.05, 0) is 13.0 Å². The van der Waals surface area contributed by atoms with Crippen LogP contribution in [0.15, 0.2) is 12.3 Å². The van der Waals surface area contributed by atoms with E-state index in [0.29, 0.717) is 18.8 Å². The van der Waals surface area contributed by atoms with E-state index >= 15 is 0 Å². The highest BCUT2D eigenvalue weighted by atomic mass is 16.2. The van der Waals surface area contributed by atoms with E-state index in [0.717, 1.165) is 0 Å². The number of carbonyl (C=O) groups excluding carboxylic acids is 1. The van der Waals surface area contributed by atoms with Crippen molar-refractivity contribution < 1.29 is 4.79 Å². The van der Waals surface area contributed by atoms with Crippen LogP contribution < -0.4 is 5.73 Å². The normalized spacial score (nSPS) is 19.2. The molecule has 1 amide bonds. The van der Waals surface area contributed by atoms with E-state index in [-0.39, 0.29) is 11.4 Å². The van der Waals surface area contributed by atoms with Crippen molar-refractivity contribution in [1.29, 1.82) is 0 Å². The number of nitrogens with two attached hydrogens (primary N) is 1. The molecule has 0 radical (unpaired) electrons. The molecule has 1 aromatic rings. The van der Waals surface area contributed by atoms with Crippen LogP contribution in [-0.2, 0) is 7.05 Å². The fourth-order valence-electron chi connectivity index (χ4n) is 1.72. The number of rotatable bonds is 1. The monoisotopic (exact) mass is 194 g/mol. The van der Waals surface area contributed by atoms with Gasteiger partial charge in [0.2, 0.25) is 0 Å². The Hall–Kier alpha value is -1.36. The number of likely N-dealkylation sites (tertiary alicyclic amines) is 1. The standard InChI is InChI=1S/C9H14N4O/c1-9(10)5-13(6-9)8(14)7-3-4-11-12(7)2/h3-4H,5-6,10H2,1-2H3. The Morgan fingerprint density at radius 2 is 2.29 bits per heavy atom. The summed E-state index contributed by atoms with van der Waals surface area (Å²) in [4.78, 5) is 13.5. The lowest BCUT2D eigenvalue weighted by atomic mass is 9.93. The fraction of sp³-hybridized carbons (Fsp3) is 0.556. The van der Waals surface area contributed by atoms with Gasteiger partial charge in [0.05, 0.1) is 0 Å². The van der Waals surface area contributed by atoms with Gasteiger partial charge in [0.15, 0.2) is 0 Å². The van der Waals surface area contributed by atoms with Crippen molar-refractivity contribution in [1.82, 2.24) is 14.7 Å². The largest absolute Gasteiger partial charge is 0.334 e. The molecule has 2 heterocycles. The molecule has 0 saturated carbocycles. The zero-order valence-electron chi connectivity index (χ0n) is 8.40. The maximum absolute atomic E-state index is 11.8. The van der Waals surface area contributed by atoms with E-state index < -0.39 is 0 Å². The molecule has 14 heavy (non-hydrogen) atoms. The minimum absolute atomic E-state index is 0.00734. The zero-order chi connectivity index (χ0) is 10.3. The Morgan fingerprint density at radius 3 is 2.71 bits per heavy atom. The summed E-state index contributed by atoms with van der Waals surface area (Å²) in [6.07, 6.45) is 1.62. The first-order valence-corrected chi connectivity index (χ1v) is 4.56. The van der Waals surface area contributed by atoms with E-state index in [9.17, 15) is 4.79 Å². The summed E-state index contributed by atoms with van der Waals surface area (Å²) < 4.78 is 1.58. The molecule has 0 aromatic carbocycles. The lowest BCUT2D eigenvalue weighted by Crippen LogP contribution is -2.66. The molecule has 0 unspecified atom stereocenters. The summed E-state index contributed by atoms with van der Waals surface area (Å²) in [5.41, 5.74) is 6.22. The predicted molar refractivity (Wildman–Crippen MR) is 51.7 cm³/mol. The van der Waals surface area contributed by atoms with E-state index in [4.69, 9.17) is 5.73 Å². The first-order valence-electron chi connectivity index (χ1n) is 4.56. The number of nitrogens with zero attached hydrogens (tertiary/aromatic N) is 3. The van der Waals surface area contributed by atoms with E-state index in [2.05, 4.69) is 5.10 Å². The number of amides is 1. The van der Waals surface area contributed by atoms with Crippen LogP contribution >= 0.6 is 0 Å².